The zero-order valence-corrected chi connectivity index (χ0v) is 7.24. The zero-order valence-electron chi connectivity index (χ0n) is 3.05. The molecule has 0 aromatic carbocycles. The van der Waals surface area contributed by atoms with Crippen LogP contribution in [0.5, 0.6) is 0 Å². The van der Waals surface area contributed by atoms with E-state index in [0.717, 1.165) is 0 Å². The van der Waals surface area contributed by atoms with Crippen molar-refractivity contribution in [1.29, 1.82) is 0 Å². The molecule has 0 bridgehead atoms. The van der Waals surface area contributed by atoms with Gasteiger partial charge in [-0.15, -0.1) is 0 Å². The Kier molecular flexibility index (Phi) is 12.5. The third kappa shape index (κ3) is 7.64. The first-order valence-corrected chi connectivity index (χ1v) is 3.29. The minimum absolute atomic E-state index is 0. The number of rotatable bonds is 1. The van der Waals surface area contributed by atoms with E-state index in [2.05, 4.69) is 15.6 Å². The van der Waals surface area contributed by atoms with Crippen molar-refractivity contribution in [2.24, 2.45) is 0 Å². The molecular weight excluding hydrogens is 233 g/mol. The molecule has 0 saturated heterocycles. The van der Waals surface area contributed by atoms with Gasteiger partial charge in [0.05, 0.1) is 0 Å². The van der Waals surface area contributed by atoms with E-state index in [1.165, 1.54) is 0 Å². The summed E-state index contributed by atoms with van der Waals surface area (Å²) in [5.74, 6) is -0.0397. The first-order valence-electron chi connectivity index (χ1n) is 1.31. The van der Waals surface area contributed by atoms with Crippen molar-refractivity contribution in [3.63, 3.8) is 0 Å². The Hall–Kier alpha value is 1.64. The second-order valence-corrected chi connectivity index (χ2v) is 1.64. The first kappa shape index (κ1) is 11.4. The second-order valence-electron chi connectivity index (χ2n) is 0.648. The summed E-state index contributed by atoms with van der Waals surface area (Å²) in [5, 5.41) is 0. The molecule has 5 heteroatoms. The van der Waals surface area contributed by atoms with Gasteiger partial charge < -0.3 is 0 Å². The summed E-state index contributed by atoms with van der Waals surface area (Å²) in [7, 11) is 0. The second kappa shape index (κ2) is 7.64. The molecular formula is C2H6NaO2SSb. The van der Waals surface area contributed by atoms with Crippen LogP contribution in [0.2, 0.25) is 0 Å². The van der Waals surface area contributed by atoms with Gasteiger partial charge in [-0.2, -0.15) is 0 Å². The predicted octanol–water partition coefficient (Wildman–Crippen LogP) is -1.64. The van der Waals surface area contributed by atoms with Gasteiger partial charge in [0, 0.05) is 0 Å². The van der Waals surface area contributed by atoms with Gasteiger partial charge in [0.25, 0.3) is 0 Å². The molecule has 0 radical (unpaired) electrons. The van der Waals surface area contributed by atoms with Gasteiger partial charge in [0.1, 0.15) is 0 Å². The van der Waals surface area contributed by atoms with Gasteiger partial charge >= 0.3 is 85.2 Å². The molecule has 0 saturated carbocycles. The summed E-state index contributed by atoms with van der Waals surface area (Å²) < 4.78 is 4.31. The molecule has 0 unspecified atom stereocenters. The molecule has 0 rings (SSSR count). The standard InChI is InChI=1S/C2H4O2S.Na.Sb.3H/c3-2(4)1-5;;;;;/h5H,1H2,(H,3,4);;;;;/q;;+1;;;/p-1. The molecule has 0 atom stereocenters. The van der Waals surface area contributed by atoms with Crippen molar-refractivity contribution >= 4 is 71.6 Å². The molecule has 7 heavy (non-hydrogen) atoms. The molecule has 0 spiro atoms. The summed E-state index contributed by atoms with van der Waals surface area (Å²) in [5.41, 5.74) is 0. The van der Waals surface area contributed by atoms with E-state index in [4.69, 9.17) is 0 Å². The third-order valence-electron chi connectivity index (χ3n) is 0.261. The van der Waals surface area contributed by atoms with E-state index < -0.39 is 0 Å². The Labute approximate surface area is 84.1 Å². The summed E-state index contributed by atoms with van der Waals surface area (Å²) in [6, 6.07) is 0. The average Bonchev–Trinajstić information content (AvgIpc) is 1.65. The van der Waals surface area contributed by atoms with Gasteiger partial charge in [-0.25, -0.2) is 0 Å². The topological polar surface area (TPSA) is 26.3 Å². The molecule has 0 aliphatic rings. The quantitative estimate of drug-likeness (QED) is 0.438. The maximum absolute atomic E-state index is 9.91. The fourth-order valence-electron chi connectivity index (χ4n) is 0.0373. The van der Waals surface area contributed by atoms with Crippen LogP contribution in [0.3, 0.4) is 0 Å². The Morgan fingerprint density at radius 3 is 2.29 bits per heavy atom. The number of carbonyl (C=O) groups is 1. The predicted molar refractivity (Wildman–Crippen MR) is 35.6 cm³/mol. The van der Waals surface area contributed by atoms with Crippen molar-refractivity contribution in [3.05, 3.63) is 0 Å². The SMILES string of the molecule is O=C(CS)[O][SbH2].[NaH]. The molecule has 0 N–H and O–H groups in total. The summed E-state index contributed by atoms with van der Waals surface area (Å²) >= 11 is 4.18. The summed E-state index contributed by atoms with van der Waals surface area (Å²) in [6.07, 6.45) is 0. The number of hydrogen-bond acceptors (Lipinski definition) is 3. The Morgan fingerprint density at radius 1 is 1.86 bits per heavy atom. The van der Waals surface area contributed by atoms with Crippen molar-refractivity contribution in [2.75, 3.05) is 5.75 Å². The Morgan fingerprint density at radius 2 is 2.29 bits per heavy atom. The normalized spacial score (nSPS) is 6.57. The molecule has 0 amide bonds. The summed E-state index contributed by atoms with van der Waals surface area (Å²) in [6.45, 7) is 0. The molecule has 0 aliphatic carbocycles. The minimum atomic E-state index is -0.235. The molecule has 0 aromatic heterocycles. The molecule has 0 aliphatic heterocycles. The molecule has 0 fully saturated rings. The van der Waals surface area contributed by atoms with Crippen LogP contribution in [0.15, 0.2) is 0 Å². The van der Waals surface area contributed by atoms with Gasteiger partial charge in [0.15, 0.2) is 0 Å². The van der Waals surface area contributed by atoms with Crippen LogP contribution >= 0.6 is 12.6 Å². The van der Waals surface area contributed by atoms with Crippen molar-refractivity contribution < 1.29 is 7.81 Å². The van der Waals surface area contributed by atoms with Gasteiger partial charge in [-0.1, -0.05) is 0 Å². The Balaban J connectivity index is 0. The van der Waals surface area contributed by atoms with Crippen LogP contribution in [0, 0.1) is 0 Å². The number of carbonyl (C=O) groups excluding carboxylic acids is 1. The average molecular weight is 239 g/mol. The van der Waals surface area contributed by atoms with Crippen molar-refractivity contribution in [2.45, 2.75) is 0 Å². The van der Waals surface area contributed by atoms with Gasteiger partial charge in [-0.3, -0.25) is 0 Å². The third-order valence-corrected chi connectivity index (χ3v) is 1.27. The van der Waals surface area contributed by atoms with Gasteiger partial charge in [-0.05, 0) is 0 Å². The van der Waals surface area contributed by atoms with E-state index in [9.17, 15) is 4.79 Å². The van der Waals surface area contributed by atoms with Crippen LogP contribution in [-0.2, 0) is 7.81 Å². The van der Waals surface area contributed by atoms with E-state index in [0.29, 0.717) is 23.4 Å². The monoisotopic (exact) mass is 238 g/mol. The van der Waals surface area contributed by atoms with Crippen molar-refractivity contribution in [1.82, 2.24) is 0 Å². The van der Waals surface area contributed by atoms with Crippen LogP contribution in [0.1, 0.15) is 0 Å². The van der Waals surface area contributed by atoms with E-state index in [1.807, 2.05) is 0 Å². The van der Waals surface area contributed by atoms with Crippen LogP contribution < -0.4 is 0 Å². The summed E-state index contributed by atoms with van der Waals surface area (Å²) in [4.78, 5) is 9.91. The van der Waals surface area contributed by atoms with E-state index >= 15 is 0 Å². The first-order chi connectivity index (χ1) is 2.81. The fourth-order valence-corrected chi connectivity index (χ4v) is 0.750. The van der Waals surface area contributed by atoms with Gasteiger partial charge in [0.2, 0.25) is 0 Å². The molecule has 2 nitrogen and oxygen atoms in total. The van der Waals surface area contributed by atoms with Crippen molar-refractivity contribution in [3.8, 4) is 0 Å². The van der Waals surface area contributed by atoms with E-state index in [-0.39, 0.29) is 41.3 Å². The zero-order chi connectivity index (χ0) is 4.99. The Bertz CT molecular complexity index is 53.7. The number of hydrogen-bond donors (Lipinski definition) is 1. The fraction of sp³-hybridized carbons (Fsp3) is 0.500. The molecule has 38 valence electrons. The number of thiol groups is 1. The molecule has 0 heterocycles. The van der Waals surface area contributed by atoms with Crippen LogP contribution in [0.25, 0.3) is 0 Å². The maximum atomic E-state index is 9.91. The van der Waals surface area contributed by atoms with Crippen LogP contribution in [0.4, 0.5) is 0 Å². The van der Waals surface area contributed by atoms with E-state index in [1.54, 1.807) is 0 Å². The van der Waals surface area contributed by atoms with Crippen LogP contribution in [-0.4, -0.2) is 64.7 Å². The molecule has 0 aromatic rings.